The number of nitrogens with one attached hydrogen (secondary N) is 1. The summed E-state index contributed by atoms with van der Waals surface area (Å²) in [4.78, 5) is 11.8. The summed E-state index contributed by atoms with van der Waals surface area (Å²) in [7, 11) is 1.59. The summed E-state index contributed by atoms with van der Waals surface area (Å²) in [6.07, 6.45) is 2.12. The molecule has 0 spiro atoms. The lowest BCUT2D eigenvalue weighted by Gasteiger charge is -2.04. The maximum Gasteiger partial charge on any atom is 0.261 e. The number of ether oxygens (including phenoxy) is 1. The molecule has 1 aromatic rings. The number of amides is 1. The van der Waals surface area contributed by atoms with E-state index in [2.05, 4.69) is 5.32 Å². The highest BCUT2D eigenvalue weighted by atomic mass is 35.5. The van der Waals surface area contributed by atoms with E-state index in [-0.39, 0.29) is 5.57 Å². The molecule has 0 fully saturated rings. The number of hydrogen-bond acceptors (Lipinski definition) is 3. The molecule has 0 aromatic heterocycles. The second-order valence-electron chi connectivity index (χ2n) is 3.94. The first-order valence-electron chi connectivity index (χ1n) is 5.92. The second kappa shape index (κ2) is 8.60. The zero-order valence-electron chi connectivity index (χ0n) is 11.0. The first kappa shape index (κ1) is 16.5. The number of methoxy groups -OCH3 is 1. The molecule has 0 saturated heterocycles. The number of halogens is 2. The van der Waals surface area contributed by atoms with Gasteiger partial charge >= 0.3 is 0 Å². The normalized spacial score (nSPS) is 11.0. The van der Waals surface area contributed by atoms with Crippen LogP contribution < -0.4 is 5.32 Å². The fourth-order valence-electron chi connectivity index (χ4n) is 1.44. The fourth-order valence-corrected chi connectivity index (χ4v) is 1.90. The largest absolute Gasteiger partial charge is 0.385 e. The van der Waals surface area contributed by atoms with Gasteiger partial charge in [-0.1, -0.05) is 29.3 Å². The minimum Gasteiger partial charge on any atom is -0.385 e. The summed E-state index contributed by atoms with van der Waals surface area (Å²) in [5, 5.41) is 12.6. The average molecular weight is 313 g/mol. The number of benzene rings is 1. The Labute approximate surface area is 127 Å². The van der Waals surface area contributed by atoms with E-state index in [1.165, 1.54) is 6.08 Å². The van der Waals surface area contributed by atoms with Gasteiger partial charge in [-0.3, -0.25) is 4.79 Å². The molecule has 0 aliphatic heterocycles. The number of carbonyl (C=O) groups is 1. The summed E-state index contributed by atoms with van der Waals surface area (Å²) < 4.78 is 4.87. The van der Waals surface area contributed by atoms with Gasteiger partial charge in [0.2, 0.25) is 0 Å². The molecule has 20 heavy (non-hydrogen) atoms. The van der Waals surface area contributed by atoms with Crippen molar-refractivity contribution in [3.05, 3.63) is 39.4 Å². The molecule has 1 amide bonds. The van der Waals surface area contributed by atoms with Crippen LogP contribution >= 0.6 is 23.2 Å². The quantitative estimate of drug-likeness (QED) is 0.499. The van der Waals surface area contributed by atoms with Crippen LogP contribution in [0.2, 0.25) is 10.0 Å². The molecule has 0 bridgehead atoms. The van der Waals surface area contributed by atoms with E-state index in [0.29, 0.717) is 35.2 Å². The third kappa shape index (κ3) is 5.22. The highest BCUT2D eigenvalue weighted by Crippen LogP contribution is 2.23. The Hall–Kier alpha value is -1.54. The highest BCUT2D eigenvalue weighted by Gasteiger charge is 2.09. The lowest BCUT2D eigenvalue weighted by molar-refractivity contribution is -0.117. The molecule has 4 nitrogen and oxygen atoms in total. The lowest BCUT2D eigenvalue weighted by atomic mass is 10.1. The maximum atomic E-state index is 11.8. The Balaban J connectivity index is 2.77. The monoisotopic (exact) mass is 312 g/mol. The van der Waals surface area contributed by atoms with Crippen molar-refractivity contribution in [1.82, 2.24) is 5.32 Å². The van der Waals surface area contributed by atoms with E-state index < -0.39 is 5.91 Å². The highest BCUT2D eigenvalue weighted by molar-refractivity contribution is 6.35. The van der Waals surface area contributed by atoms with Gasteiger partial charge in [0.05, 0.1) is 0 Å². The Morgan fingerprint density at radius 2 is 2.25 bits per heavy atom. The van der Waals surface area contributed by atoms with Crippen LogP contribution in [-0.4, -0.2) is 26.2 Å². The Morgan fingerprint density at radius 3 is 2.85 bits per heavy atom. The van der Waals surface area contributed by atoms with Gasteiger partial charge in [0.1, 0.15) is 11.6 Å². The Bertz CT molecular complexity index is 551. The molecule has 6 heteroatoms. The van der Waals surface area contributed by atoms with Crippen molar-refractivity contribution < 1.29 is 9.53 Å². The van der Waals surface area contributed by atoms with Crippen LogP contribution in [0.3, 0.4) is 0 Å². The molecule has 106 valence electrons. The maximum absolute atomic E-state index is 11.8. The fraction of sp³-hybridized carbons (Fsp3) is 0.286. The SMILES string of the molecule is COCCCNC(=O)/C(C#N)=C/c1ccc(Cl)cc1Cl. The standard InChI is InChI=1S/C14H14Cl2N2O2/c1-20-6-2-5-18-14(19)11(9-17)7-10-3-4-12(15)8-13(10)16/h3-4,7-8H,2,5-6H2,1H3,(H,18,19)/b11-7+. The van der Waals surface area contributed by atoms with Crippen molar-refractivity contribution in [1.29, 1.82) is 5.26 Å². The summed E-state index contributed by atoms with van der Waals surface area (Å²) in [5.74, 6) is -0.436. The zero-order valence-corrected chi connectivity index (χ0v) is 12.5. The van der Waals surface area contributed by atoms with Crippen molar-refractivity contribution >= 4 is 35.2 Å². The van der Waals surface area contributed by atoms with Crippen LogP contribution in [-0.2, 0) is 9.53 Å². The predicted octanol–water partition coefficient (Wildman–Crippen LogP) is 3.05. The van der Waals surface area contributed by atoms with E-state index in [9.17, 15) is 4.79 Å². The van der Waals surface area contributed by atoms with Crippen LogP contribution in [0, 0.1) is 11.3 Å². The zero-order chi connectivity index (χ0) is 15.0. The topological polar surface area (TPSA) is 62.1 Å². The van der Waals surface area contributed by atoms with Crippen LogP contribution in [0.5, 0.6) is 0 Å². The van der Waals surface area contributed by atoms with Crippen molar-refractivity contribution in [3.8, 4) is 6.07 Å². The van der Waals surface area contributed by atoms with Crippen molar-refractivity contribution in [2.24, 2.45) is 0 Å². The first-order valence-corrected chi connectivity index (χ1v) is 6.68. The van der Waals surface area contributed by atoms with Crippen LogP contribution in [0.15, 0.2) is 23.8 Å². The number of rotatable bonds is 6. The summed E-state index contributed by atoms with van der Waals surface area (Å²) in [5.41, 5.74) is 0.561. The Kier molecular flexibility index (Phi) is 7.10. The van der Waals surface area contributed by atoms with Crippen LogP contribution in [0.25, 0.3) is 6.08 Å². The van der Waals surface area contributed by atoms with Gasteiger partial charge < -0.3 is 10.1 Å². The van der Waals surface area contributed by atoms with Crippen LogP contribution in [0.4, 0.5) is 0 Å². The van der Waals surface area contributed by atoms with Crippen molar-refractivity contribution in [2.45, 2.75) is 6.42 Å². The van der Waals surface area contributed by atoms with E-state index in [1.54, 1.807) is 25.3 Å². The van der Waals surface area contributed by atoms with Gasteiger partial charge in [0, 0.05) is 30.3 Å². The molecule has 0 aliphatic carbocycles. The van der Waals surface area contributed by atoms with E-state index in [1.807, 2.05) is 6.07 Å². The average Bonchev–Trinajstić information content (AvgIpc) is 2.42. The van der Waals surface area contributed by atoms with Gasteiger partial charge in [-0.15, -0.1) is 0 Å². The molecular formula is C14H14Cl2N2O2. The summed E-state index contributed by atoms with van der Waals surface area (Å²) >= 11 is 11.8. The number of nitriles is 1. The minimum absolute atomic E-state index is 0.00774. The molecule has 0 radical (unpaired) electrons. The lowest BCUT2D eigenvalue weighted by Crippen LogP contribution is -2.26. The van der Waals surface area contributed by atoms with Crippen molar-refractivity contribution in [3.63, 3.8) is 0 Å². The molecule has 0 heterocycles. The summed E-state index contributed by atoms with van der Waals surface area (Å²) in [6, 6.07) is 6.71. The molecular weight excluding hydrogens is 299 g/mol. The predicted molar refractivity (Wildman–Crippen MR) is 79.6 cm³/mol. The van der Waals surface area contributed by atoms with Crippen molar-refractivity contribution in [2.75, 3.05) is 20.3 Å². The molecule has 1 rings (SSSR count). The second-order valence-corrected chi connectivity index (χ2v) is 4.78. The smallest absolute Gasteiger partial charge is 0.261 e. The van der Waals surface area contributed by atoms with E-state index >= 15 is 0 Å². The Morgan fingerprint density at radius 1 is 1.50 bits per heavy atom. The van der Waals surface area contributed by atoms with Gasteiger partial charge in [-0.25, -0.2) is 0 Å². The molecule has 1 aromatic carbocycles. The molecule has 0 unspecified atom stereocenters. The number of hydrogen-bond donors (Lipinski definition) is 1. The molecule has 1 N–H and O–H groups in total. The molecule has 0 aliphatic rings. The van der Waals surface area contributed by atoms with Gasteiger partial charge in [-0.2, -0.15) is 5.26 Å². The molecule has 0 saturated carbocycles. The number of nitrogens with zero attached hydrogens (tertiary/aromatic N) is 1. The third-order valence-electron chi connectivity index (χ3n) is 2.44. The third-order valence-corrected chi connectivity index (χ3v) is 3.00. The van der Waals surface area contributed by atoms with Crippen LogP contribution in [0.1, 0.15) is 12.0 Å². The van der Waals surface area contributed by atoms with E-state index in [0.717, 1.165) is 0 Å². The van der Waals surface area contributed by atoms with Gasteiger partial charge in [-0.05, 0) is 30.2 Å². The minimum atomic E-state index is -0.436. The summed E-state index contributed by atoms with van der Waals surface area (Å²) in [6.45, 7) is 0.995. The first-order chi connectivity index (χ1) is 9.58. The molecule has 0 atom stereocenters. The number of carbonyl (C=O) groups excluding carboxylic acids is 1. The van der Waals surface area contributed by atoms with Gasteiger partial charge in [0.15, 0.2) is 0 Å². The van der Waals surface area contributed by atoms with E-state index in [4.69, 9.17) is 33.2 Å². The van der Waals surface area contributed by atoms with Gasteiger partial charge in [0.25, 0.3) is 5.91 Å².